The highest BCUT2D eigenvalue weighted by atomic mass is 16.5. The van der Waals surface area contributed by atoms with Gasteiger partial charge in [-0.1, -0.05) is 36.4 Å². The molecule has 0 unspecified atom stereocenters. The van der Waals surface area contributed by atoms with Gasteiger partial charge in [0.2, 0.25) is 0 Å². The molecule has 0 aromatic heterocycles. The summed E-state index contributed by atoms with van der Waals surface area (Å²) in [7, 11) is 0. The molecule has 0 aliphatic carbocycles. The summed E-state index contributed by atoms with van der Waals surface area (Å²) in [5.41, 5.74) is 1.32. The molecule has 3 aromatic rings. The zero-order chi connectivity index (χ0) is 19.1. The molecular weight excluding hydrogens is 340 g/mol. The second kappa shape index (κ2) is 8.67. The fraction of sp³-hybridized carbons (Fsp3) is 0.0909. The maximum absolute atomic E-state index is 12.7. The summed E-state index contributed by atoms with van der Waals surface area (Å²) in [6, 6.07) is 23.2. The van der Waals surface area contributed by atoms with Crippen LogP contribution in [0.2, 0.25) is 0 Å². The van der Waals surface area contributed by atoms with Crippen molar-refractivity contribution in [3.63, 3.8) is 0 Å². The minimum Gasteiger partial charge on any atom is -0.457 e. The van der Waals surface area contributed by atoms with Gasteiger partial charge in [-0.25, -0.2) is 0 Å². The second-order valence-corrected chi connectivity index (χ2v) is 5.80. The van der Waals surface area contributed by atoms with Gasteiger partial charge in [0.15, 0.2) is 0 Å². The van der Waals surface area contributed by atoms with Crippen LogP contribution in [0.5, 0.6) is 11.5 Å². The van der Waals surface area contributed by atoms with E-state index in [0.717, 1.165) is 0 Å². The van der Waals surface area contributed by atoms with E-state index in [0.29, 0.717) is 34.9 Å². The number of carbonyl (C=O) groups excluding carboxylic acids is 2. The number of amides is 2. The normalized spacial score (nSPS) is 10.1. The van der Waals surface area contributed by atoms with Gasteiger partial charge in [0.1, 0.15) is 11.5 Å². The SMILES string of the molecule is CCNC(=O)c1ccccc1NC(=O)c1cccc(Oc2ccccc2)c1. The average Bonchev–Trinajstić information content (AvgIpc) is 2.69. The number of nitrogens with one attached hydrogen (secondary N) is 2. The first-order chi connectivity index (χ1) is 13.2. The predicted molar refractivity (Wildman–Crippen MR) is 105 cm³/mol. The first kappa shape index (κ1) is 18.2. The minimum atomic E-state index is -0.315. The van der Waals surface area contributed by atoms with Crippen LogP contribution in [-0.4, -0.2) is 18.4 Å². The number of hydrogen-bond acceptors (Lipinski definition) is 3. The van der Waals surface area contributed by atoms with Crippen molar-refractivity contribution in [3.05, 3.63) is 90.0 Å². The maximum Gasteiger partial charge on any atom is 0.255 e. The molecule has 2 amide bonds. The zero-order valence-electron chi connectivity index (χ0n) is 14.9. The lowest BCUT2D eigenvalue weighted by Crippen LogP contribution is -2.24. The quantitative estimate of drug-likeness (QED) is 0.681. The number of carbonyl (C=O) groups is 2. The molecule has 0 bridgehead atoms. The molecule has 0 saturated carbocycles. The summed E-state index contributed by atoms with van der Waals surface area (Å²) < 4.78 is 5.77. The number of benzene rings is 3. The van der Waals surface area contributed by atoms with Gasteiger partial charge in [-0.3, -0.25) is 9.59 Å². The van der Waals surface area contributed by atoms with Crippen molar-refractivity contribution in [3.8, 4) is 11.5 Å². The summed E-state index contributed by atoms with van der Waals surface area (Å²) >= 11 is 0. The van der Waals surface area contributed by atoms with Gasteiger partial charge in [-0.15, -0.1) is 0 Å². The van der Waals surface area contributed by atoms with Gasteiger partial charge in [-0.2, -0.15) is 0 Å². The van der Waals surface area contributed by atoms with E-state index < -0.39 is 0 Å². The molecule has 0 aliphatic rings. The highest BCUT2D eigenvalue weighted by molar-refractivity contribution is 6.09. The molecule has 3 aromatic carbocycles. The smallest absolute Gasteiger partial charge is 0.255 e. The highest BCUT2D eigenvalue weighted by Gasteiger charge is 2.14. The van der Waals surface area contributed by atoms with Crippen LogP contribution in [0.1, 0.15) is 27.6 Å². The van der Waals surface area contributed by atoms with Crippen molar-refractivity contribution in [2.75, 3.05) is 11.9 Å². The summed E-state index contributed by atoms with van der Waals surface area (Å²) in [6.07, 6.45) is 0. The second-order valence-electron chi connectivity index (χ2n) is 5.80. The van der Waals surface area contributed by atoms with Crippen molar-refractivity contribution in [1.29, 1.82) is 0 Å². The fourth-order valence-corrected chi connectivity index (χ4v) is 2.57. The van der Waals surface area contributed by atoms with Gasteiger partial charge in [0.05, 0.1) is 11.3 Å². The lowest BCUT2D eigenvalue weighted by Gasteiger charge is -2.11. The van der Waals surface area contributed by atoms with Crippen molar-refractivity contribution in [1.82, 2.24) is 5.32 Å². The number of rotatable bonds is 6. The topological polar surface area (TPSA) is 67.4 Å². The Labute approximate surface area is 158 Å². The third kappa shape index (κ3) is 4.73. The van der Waals surface area contributed by atoms with E-state index in [2.05, 4.69) is 10.6 Å². The van der Waals surface area contributed by atoms with Crippen LogP contribution >= 0.6 is 0 Å². The zero-order valence-corrected chi connectivity index (χ0v) is 14.9. The minimum absolute atomic E-state index is 0.227. The van der Waals surface area contributed by atoms with E-state index in [1.165, 1.54) is 0 Å². The van der Waals surface area contributed by atoms with E-state index in [9.17, 15) is 9.59 Å². The molecule has 5 heteroatoms. The highest BCUT2D eigenvalue weighted by Crippen LogP contribution is 2.23. The van der Waals surface area contributed by atoms with Crippen molar-refractivity contribution < 1.29 is 14.3 Å². The number of para-hydroxylation sites is 2. The number of ether oxygens (including phenoxy) is 1. The molecule has 0 saturated heterocycles. The standard InChI is InChI=1S/C22H20N2O3/c1-2-23-22(26)19-13-6-7-14-20(19)24-21(25)16-9-8-12-18(15-16)27-17-10-4-3-5-11-17/h3-15H,2H2,1H3,(H,23,26)(H,24,25). The van der Waals surface area contributed by atoms with Crippen LogP contribution in [-0.2, 0) is 0 Å². The summed E-state index contributed by atoms with van der Waals surface area (Å²) in [4.78, 5) is 24.8. The van der Waals surface area contributed by atoms with Crippen LogP contribution in [0.3, 0.4) is 0 Å². The summed E-state index contributed by atoms with van der Waals surface area (Å²) in [5.74, 6) is 0.710. The Morgan fingerprint density at radius 1 is 0.815 bits per heavy atom. The van der Waals surface area contributed by atoms with Crippen molar-refractivity contribution in [2.24, 2.45) is 0 Å². The molecule has 3 rings (SSSR count). The van der Waals surface area contributed by atoms with Crippen LogP contribution in [0.25, 0.3) is 0 Å². The van der Waals surface area contributed by atoms with Crippen LogP contribution < -0.4 is 15.4 Å². The van der Waals surface area contributed by atoms with Crippen molar-refractivity contribution >= 4 is 17.5 Å². The van der Waals surface area contributed by atoms with Gasteiger partial charge in [0, 0.05) is 12.1 Å². The monoisotopic (exact) mass is 360 g/mol. The Hall–Kier alpha value is -3.60. The predicted octanol–water partition coefficient (Wildman–Crippen LogP) is 4.48. The molecular formula is C22H20N2O3. The molecule has 2 N–H and O–H groups in total. The lowest BCUT2D eigenvalue weighted by molar-refractivity contribution is 0.0956. The van der Waals surface area contributed by atoms with E-state index in [1.54, 1.807) is 48.5 Å². The molecule has 0 spiro atoms. The average molecular weight is 360 g/mol. The molecule has 0 fully saturated rings. The van der Waals surface area contributed by atoms with E-state index in [-0.39, 0.29) is 11.8 Å². The lowest BCUT2D eigenvalue weighted by atomic mass is 10.1. The van der Waals surface area contributed by atoms with Gasteiger partial charge in [0.25, 0.3) is 11.8 Å². The molecule has 0 radical (unpaired) electrons. The Kier molecular flexibility index (Phi) is 5.84. The van der Waals surface area contributed by atoms with E-state index in [1.807, 2.05) is 37.3 Å². The summed E-state index contributed by atoms with van der Waals surface area (Å²) in [5, 5.41) is 5.54. The first-order valence-corrected chi connectivity index (χ1v) is 8.69. The molecule has 0 aliphatic heterocycles. The third-order valence-corrected chi connectivity index (χ3v) is 3.83. The van der Waals surface area contributed by atoms with E-state index >= 15 is 0 Å². The van der Waals surface area contributed by atoms with Gasteiger partial charge < -0.3 is 15.4 Å². The van der Waals surface area contributed by atoms with E-state index in [4.69, 9.17) is 4.74 Å². The Morgan fingerprint density at radius 2 is 1.52 bits per heavy atom. The number of hydrogen-bond donors (Lipinski definition) is 2. The van der Waals surface area contributed by atoms with Crippen LogP contribution in [0, 0.1) is 0 Å². The van der Waals surface area contributed by atoms with Crippen molar-refractivity contribution in [2.45, 2.75) is 6.92 Å². The van der Waals surface area contributed by atoms with Gasteiger partial charge in [-0.05, 0) is 49.4 Å². The Morgan fingerprint density at radius 3 is 2.30 bits per heavy atom. The fourth-order valence-electron chi connectivity index (χ4n) is 2.57. The van der Waals surface area contributed by atoms with Crippen LogP contribution in [0.4, 0.5) is 5.69 Å². The number of anilines is 1. The largest absolute Gasteiger partial charge is 0.457 e. The first-order valence-electron chi connectivity index (χ1n) is 8.69. The molecule has 136 valence electrons. The Bertz CT molecular complexity index is 939. The maximum atomic E-state index is 12.7. The third-order valence-electron chi connectivity index (χ3n) is 3.83. The molecule has 0 atom stereocenters. The Balaban J connectivity index is 1.77. The molecule has 0 heterocycles. The molecule has 5 nitrogen and oxygen atoms in total. The van der Waals surface area contributed by atoms with Gasteiger partial charge >= 0.3 is 0 Å². The summed E-state index contributed by atoms with van der Waals surface area (Å²) in [6.45, 7) is 2.36. The molecule has 27 heavy (non-hydrogen) atoms. The van der Waals surface area contributed by atoms with Crippen LogP contribution in [0.15, 0.2) is 78.9 Å².